The second-order valence-corrected chi connectivity index (χ2v) is 8.88. The van der Waals surface area contributed by atoms with Crippen molar-refractivity contribution < 1.29 is 38.9 Å². The van der Waals surface area contributed by atoms with Crippen LogP contribution in [-0.2, 0) is 38.9 Å². The van der Waals surface area contributed by atoms with Gasteiger partial charge in [-0.25, -0.2) is 29.4 Å². The van der Waals surface area contributed by atoms with E-state index in [0.29, 0.717) is 25.4 Å². The molecule has 41 heavy (non-hydrogen) atoms. The molecule has 0 N–H and O–H groups in total. The Morgan fingerprint density at radius 2 is 0.780 bits per heavy atom. The van der Waals surface area contributed by atoms with Gasteiger partial charge in [0.05, 0.1) is 13.2 Å². The van der Waals surface area contributed by atoms with Crippen LogP contribution in [0.5, 0.6) is 0 Å². The summed E-state index contributed by atoms with van der Waals surface area (Å²) >= 11 is 0. The molecule has 8 nitrogen and oxygen atoms in total. The minimum Gasteiger partial charge on any atom is -0.463 e. The maximum Gasteiger partial charge on any atom is 0.379 e. The smallest absolute Gasteiger partial charge is 0.379 e. The molecular weight excluding hydrogens is 631 g/mol. The topological polar surface area (TPSA) is 127 Å². The molecule has 8 radical (unpaired) electrons. The average Bonchev–Trinajstić information content (AvgIpc) is 2.93. The molecule has 0 atom stereocenters. The van der Waals surface area contributed by atoms with E-state index in [2.05, 4.69) is 37.2 Å². The van der Waals surface area contributed by atoms with Gasteiger partial charge in [0.15, 0.2) is 0 Å². The Morgan fingerprint density at radius 1 is 0.488 bits per heavy atom. The number of esters is 2. The molecule has 0 amide bonds. The molecule has 0 rings (SSSR count). The van der Waals surface area contributed by atoms with Crippen LogP contribution >= 0.6 is 0 Å². The second kappa shape index (κ2) is 45.2. The van der Waals surface area contributed by atoms with Gasteiger partial charge >= 0.3 is 23.9 Å². The molecule has 0 fully saturated rings. The van der Waals surface area contributed by atoms with Crippen LogP contribution in [0.3, 0.4) is 0 Å². The normalized spacial score (nSPS) is 9.71. The minimum absolute atomic E-state index is 0. The zero-order valence-electron chi connectivity index (χ0n) is 26.2. The summed E-state index contributed by atoms with van der Waals surface area (Å²) in [6.07, 6.45) is 22.3. The van der Waals surface area contributed by atoms with Gasteiger partial charge in [0, 0.05) is 48.2 Å². The number of unbranched alkanes of at least 4 members (excludes halogenated alkanes) is 12. The largest absolute Gasteiger partial charge is 0.463 e. The molecule has 0 aliphatic heterocycles. The van der Waals surface area contributed by atoms with E-state index in [1.54, 1.807) is 0 Å². The number of rotatable bonds is 20. The summed E-state index contributed by atoms with van der Waals surface area (Å²) in [4.78, 5) is 40.9. The maximum absolute atomic E-state index is 10.6. The molecule has 0 heterocycles. The molecule has 0 aliphatic carbocycles. The molecule has 9 heteroatoms. The third kappa shape index (κ3) is 62.9. The van der Waals surface area contributed by atoms with E-state index in [1.165, 1.54) is 64.2 Å². The van der Waals surface area contributed by atoms with Crippen molar-refractivity contribution in [1.29, 1.82) is 0 Å². The van der Waals surface area contributed by atoms with Gasteiger partial charge in [-0.3, -0.25) is 0 Å². The monoisotopic (exact) mass is 688 g/mol. The van der Waals surface area contributed by atoms with Crippen LogP contribution in [0.1, 0.15) is 130 Å². The van der Waals surface area contributed by atoms with E-state index in [4.69, 9.17) is 0 Å². The van der Waals surface area contributed by atoms with E-state index in [0.717, 1.165) is 50.7 Å². The first kappa shape index (κ1) is 48.9. The molecule has 0 aromatic heterocycles. The van der Waals surface area contributed by atoms with Gasteiger partial charge in [-0.1, -0.05) is 131 Å². The Balaban J connectivity index is -0.000000142. The van der Waals surface area contributed by atoms with Gasteiger partial charge < -0.3 is 9.47 Å². The fourth-order valence-electron chi connectivity index (χ4n) is 2.56. The molecule has 0 aliphatic rings. The van der Waals surface area contributed by atoms with Crippen LogP contribution in [0.4, 0.5) is 0 Å². The van der Waals surface area contributed by atoms with Gasteiger partial charge in [-0.05, 0) is 12.8 Å². The van der Waals surface area contributed by atoms with Crippen molar-refractivity contribution in [2.45, 2.75) is 130 Å². The summed E-state index contributed by atoms with van der Waals surface area (Å²) in [5, 5.41) is 19.7. The van der Waals surface area contributed by atoms with Gasteiger partial charge in [-0.2, -0.15) is 0 Å². The Labute approximate surface area is 267 Å². The Bertz CT molecular complexity index is 567. The van der Waals surface area contributed by atoms with Crippen molar-refractivity contribution in [1.82, 2.24) is 0 Å². The summed E-state index contributed by atoms with van der Waals surface area (Å²) in [7, 11) is 0. The zero-order valence-corrected chi connectivity index (χ0v) is 29.1. The molecule has 0 unspecified atom stereocenters. The molecule has 0 spiro atoms. The molecule has 0 saturated carbocycles. The van der Waals surface area contributed by atoms with Crippen molar-refractivity contribution in [2.75, 3.05) is 13.2 Å². The predicted octanol–water partition coefficient (Wildman–Crippen LogP) is 7.67. The summed E-state index contributed by atoms with van der Waals surface area (Å²) in [5.41, 5.74) is 0. The number of ether oxygens (including phenoxy) is 2. The minimum atomic E-state index is -1.40. The van der Waals surface area contributed by atoms with Crippen molar-refractivity contribution in [2.24, 2.45) is 0 Å². The SMILES string of the molecule is CCCCOC(=O)/C=C\C([O])=O.CCCCOC(=O)/C=C\C([O])=O.[CH2]CCCCCCC.[CH2]CCCCCCC.[Sn]. The molecule has 0 bridgehead atoms. The fourth-order valence-corrected chi connectivity index (χ4v) is 2.56. The molecule has 0 saturated heterocycles. The summed E-state index contributed by atoms with van der Waals surface area (Å²) in [5.74, 6) is -4.09. The van der Waals surface area contributed by atoms with Crippen LogP contribution in [0.2, 0.25) is 0 Å². The Hall–Kier alpha value is -1.84. The van der Waals surface area contributed by atoms with Gasteiger partial charge in [-0.15, -0.1) is 0 Å². The number of hydrogen-bond donors (Lipinski definition) is 0. The van der Waals surface area contributed by atoms with Crippen LogP contribution < -0.4 is 0 Å². The average molecular weight is 688 g/mol. The number of carbonyl (C=O) groups excluding carboxylic acids is 4. The van der Waals surface area contributed by atoms with Crippen LogP contribution in [0.25, 0.3) is 0 Å². The van der Waals surface area contributed by atoms with Crippen LogP contribution in [0, 0.1) is 13.8 Å². The van der Waals surface area contributed by atoms with Crippen molar-refractivity contribution in [3.63, 3.8) is 0 Å². The van der Waals surface area contributed by atoms with Crippen molar-refractivity contribution >= 4 is 47.8 Å². The first-order valence-corrected chi connectivity index (χ1v) is 14.9. The maximum atomic E-state index is 10.6. The first-order chi connectivity index (χ1) is 19.2. The third-order valence-electron chi connectivity index (χ3n) is 4.90. The second-order valence-electron chi connectivity index (χ2n) is 8.88. The van der Waals surface area contributed by atoms with E-state index in [1.807, 2.05) is 13.8 Å². The van der Waals surface area contributed by atoms with E-state index < -0.39 is 23.9 Å². The first-order valence-electron chi connectivity index (χ1n) is 14.9. The summed E-state index contributed by atoms with van der Waals surface area (Å²) in [6.45, 7) is 16.6. The molecular formula is C32H56O8Sn. The fraction of sp³-hybridized carbons (Fsp3) is 0.688. The molecule has 236 valence electrons. The standard InChI is InChI=1S/2C8H11O4.2C8H17.Sn/c2*1-2-3-6-12-8(11)5-4-7(9)10;2*1-3-5-7-8-6-4-2;/h2*4-5H,2-3,6H2,1H3;2*1,3-8H2,2H3;/b2*5-4-;;;. The van der Waals surface area contributed by atoms with Crippen LogP contribution in [-0.4, -0.2) is 61.0 Å². The number of carbonyl (C=O) groups is 4. The van der Waals surface area contributed by atoms with Crippen LogP contribution in [0.15, 0.2) is 24.3 Å². The number of hydrogen-bond acceptors (Lipinski definition) is 6. The zero-order chi connectivity index (χ0) is 31.3. The summed E-state index contributed by atoms with van der Waals surface area (Å²) < 4.78 is 9.23. The predicted molar refractivity (Wildman–Crippen MR) is 165 cm³/mol. The van der Waals surface area contributed by atoms with Gasteiger partial charge in [0.1, 0.15) is 0 Å². The molecule has 0 aromatic carbocycles. The van der Waals surface area contributed by atoms with Crippen molar-refractivity contribution in [3.8, 4) is 0 Å². The van der Waals surface area contributed by atoms with Crippen molar-refractivity contribution in [3.05, 3.63) is 38.2 Å². The Morgan fingerprint density at radius 3 is 1.02 bits per heavy atom. The quantitative estimate of drug-likeness (QED) is 0.0560. The molecule has 0 aromatic rings. The summed E-state index contributed by atoms with van der Waals surface area (Å²) in [6, 6.07) is 0. The van der Waals surface area contributed by atoms with E-state index >= 15 is 0 Å². The third-order valence-corrected chi connectivity index (χ3v) is 4.90. The van der Waals surface area contributed by atoms with E-state index in [-0.39, 0.29) is 23.9 Å². The van der Waals surface area contributed by atoms with Gasteiger partial charge in [0.2, 0.25) is 0 Å². The van der Waals surface area contributed by atoms with Gasteiger partial charge in [0.25, 0.3) is 0 Å². The van der Waals surface area contributed by atoms with E-state index in [9.17, 15) is 29.4 Å². The Kier molecular flexibility index (Phi) is 53.8.